The molecule has 3 atom stereocenters. The van der Waals surface area contributed by atoms with Gasteiger partial charge in [-0.2, -0.15) is 0 Å². The van der Waals surface area contributed by atoms with E-state index >= 15 is 0 Å². The Morgan fingerprint density at radius 2 is 1.65 bits per heavy atom. The number of alkyl carbamates (subject to hydrolysis) is 1. The van der Waals surface area contributed by atoms with Gasteiger partial charge >= 0.3 is 6.09 Å². The summed E-state index contributed by atoms with van der Waals surface area (Å²) in [4.78, 5) is 39.4. The summed E-state index contributed by atoms with van der Waals surface area (Å²) in [6.45, 7) is 1.32. The molecular formula is C23H31N3O5. The number of nitrogens with zero attached hydrogens (tertiary/aromatic N) is 1. The summed E-state index contributed by atoms with van der Waals surface area (Å²) in [7, 11) is 0. The first-order valence-electron chi connectivity index (χ1n) is 11.3. The first kappa shape index (κ1) is 21.6. The van der Waals surface area contributed by atoms with Crippen molar-refractivity contribution in [2.24, 2.45) is 11.8 Å². The Hall–Kier alpha value is -2.61. The van der Waals surface area contributed by atoms with Gasteiger partial charge < -0.3 is 15.0 Å². The van der Waals surface area contributed by atoms with Crippen molar-refractivity contribution in [3.05, 3.63) is 35.9 Å². The Morgan fingerprint density at radius 3 is 2.29 bits per heavy atom. The number of hydrogen-bond acceptors (Lipinski definition) is 5. The van der Waals surface area contributed by atoms with Crippen molar-refractivity contribution < 1.29 is 24.3 Å². The van der Waals surface area contributed by atoms with Gasteiger partial charge in [0.25, 0.3) is 0 Å². The molecule has 1 heterocycles. The Morgan fingerprint density at radius 1 is 0.935 bits per heavy atom. The van der Waals surface area contributed by atoms with E-state index in [1.165, 1.54) is 5.56 Å². The van der Waals surface area contributed by atoms with E-state index < -0.39 is 29.9 Å². The molecule has 1 aromatic carbocycles. The van der Waals surface area contributed by atoms with E-state index in [1.807, 2.05) is 23.1 Å². The summed E-state index contributed by atoms with van der Waals surface area (Å²) in [6, 6.07) is 10.5. The third-order valence-electron chi connectivity index (χ3n) is 6.82. The molecule has 1 aliphatic heterocycles. The lowest BCUT2D eigenvalue weighted by atomic mass is 9.76. The van der Waals surface area contributed by atoms with Crippen LogP contribution in [0, 0.1) is 11.8 Å². The number of likely N-dealkylation sites (tertiary alicyclic amines) is 1. The van der Waals surface area contributed by atoms with E-state index in [1.54, 1.807) is 5.48 Å². The standard InChI is InChI=1S/C23H31N3O5/c27-21(25-30)20-14-18(31-23(29)24-17-6-7-17)8-9-19(20)22(28)26-12-10-16(11-13-26)15-4-2-1-3-5-15/h1-5,16-20,30H,6-14H2,(H,24,29)(H,25,27). The van der Waals surface area contributed by atoms with Crippen LogP contribution in [0.5, 0.6) is 0 Å². The molecule has 2 aliphatic carbocycles. The summed E-state index contributed by atoms with van der Waals surface area (Å²) < 4.78 is 5.47. The van der Waals surface area contributed by atoms with Crippen molar-refractivity contribution in [1.82, 2.24) is 15.7 Å². The van der Waals surface area contributed by atoms with Crippen LogP contribution in [-0.2, 0) is 14.3 Å². The van der Waals surface area contributed by atoms with Crippen molar-refractivity contribution in [1.29, 1.82) is 0 Å². The van der Waals surface area contributed by atoms with Gasteiger partial charge in [0.2, 0.25) is 11.8 Å². The predicted molar refractivity (Wildman–Crippen MR) is 112 cm³/mol. The molecule has 0 bridgehead atoms. The molecule has 3 aliphatic rings. The molecule has 0 spiro atoms. The lowest BCUT2D eigenvalue weighted by molar-refractivity contribution is -0.149. The average Bonchev–Trinajstić information content (AvgIpc) is 3.62. The molecule has 1 saturated heterocycles. The van der Waals surface area contributed by atoms with Crippen LogP contribution in [0.3, 0.4) is 0 Å². The van der Waals surface area contributed by atoms with Crippen LogP contribution in [0.1, 0.15) is 56.4 Å². The van der Waals surface area contributed by atoms with Gasteiger partial charge in [-0.25, -0.2) is 10.3 Å². The van der Waals surface area contributed by atoms with Crippen molar-refractivity contribution >= 4 is 17.9 Å². The first-order chi connectivity index (χ1) is 15.0. The quantitative estimate of drug-likeness (QED) is 0.493. The van der Waals surface area contributed by atoms with Gasteiger partial charge in [0.15, 0.2) is 0 Å². The minimum Gasteiger partial charge on any atom is -0.446 e. The van der Waals surface area contributed by atoms with E-state index in [0.717, 1.165) is 25.7 Å². The van der Waals surface area contributed by atoms with Crippen molar-refractivity contribution in [3.8, 4) is 0 Å². The van der Waals surface area contributed by atoms with Crippen LogP contribution in [0.4, 0.5) is 4.79 Å². The van der Waals surface area contributed by atoms with Crippen molar-refractivity contribution in [3.63, 3.8) is 0 Å². The molecule has 3 fully saturated rings. The van der Waals surface area contributed by atoms with Crippen LogP contribution in [0.2, 0.25) is 0 Å². The molecule has 168 valence electrons. The highest BCUT2D eigenvalue weighted by Crippen LogP contribution is 2.36. The smallest absolute Gasteiger partial charge is 0.407 e. The summed E-state index contributed by atoms with van der Waals surface area (Å²) in [5.74, 6) is -1.41. The fourth-order valence-electron chi connectivity index (χ4n) is 4.88. The van der Waals surface area contributed by atoms with E-state index in [4.69, 9.17) is 4.74 Å². The van der Waals surface area contributed by atoms with E-state index in [-0.39, 0.29) is 18.4 Å². The molecular weight excluding hydrogens is 398 g/mol. The maximum atomic E-state index is 13.3. The number of benzene rings is 1. The summed E-state index contributed by atoms with van der Waals surface area (Å²) >= 11 is 0. The van der Waals surface area contributed by atoms with Gasteiger partial charge in [-0.3, -0.25) is 14.8 Å². The zero-order valence-electron chi connectivity index (χ0n) is 17.7. The highest BCUT2D eigenvalue weighted by molar-refractivity contribution is 5.87. The highest BCUT2D eigenvalue weighted by atomic mass is 16.6. The van der Waals surface area contributed by atoms with Crippen LogP contribution in [0.15, 0.2) is 30.3 Å². The molecule has 1 aromatic rings. The third kappa shape index (κ3) is 5.36. The zero-order chi connectivity index (χ0) is 21.8. The molecule has 31 heavy (non-hydrogen) atoms. The second-order valence-corrected chi connectivity index (χ2v) is 8.96. The number of rotatable bonds is 5. The lowest BCUT2D eigenvalue weighted by Crippen LogP contribution is -2.49. The van der Waals surface area contributed by atoms with Crippen molar-refractivity contribution in [2.45, 2.75) is 63.0 Å². The van der Waals surface area contributed by atoms with E-state index in [2.05, 4.69) is 17.4 Å². The van der Waals surface area contributed by atoms with E-state index in [0.29, 0.717) is 31.8 Å². The minimum atomic E-state index is -0.711. The third-order valence-corrected chi connectivity index (χ3v) is 6.82. The summed E-state index contributed by atoms with van der Waals surface area (Å²) in [5, 5.41) is 12.0. The van der Waals surface area contributed by atoms with Gasteiger partial charge in [0, 0.05) is 19.1 Å². The molecule has 8 nitrogen and oxygen atoms in total. The predicted octanol–water partition coefficient (Wildman–Crippen LogP) is 2.57. The van der Waals surface area contributed by atoms with Crippen LogP contribution < -0.4 is 10.8 Å². The topological polar surface area (TPSA) is 108 Å². The number of ether oxygens (including phenoxy) is 1. The van der Waals surface area contributed by atoms with Gasteiger partial charge in [-0.15, -0.1) is 0 Å². The zero-order valence-corrected chi connectivity index (χ0v) is 17.7. The maximum absolute atomic E-state index is 13.3. The number of carbonyl (C=O) groups is 3. The van der Waals surface area contributed by atoms with Gasteiger partial charge in [0.1, 0.15) is 6.10 Å². The lowest BCUT2D eigenvalue weighted by Gasteiger charge is -2.39. The molecule has 3 N–H and O–H groups in total. The monoisotopic (exact) mass is 429 g/mol. The molecule has 0 aromatic heterocycles. The fourth-order valence-corrected chi connectivity index (χ4v) is 4.88. The van der Waals surface area contributed by atoms with Crippen LogP contribution >= 0.6 is 0 Å². The second-order valence-electron chi connectivity index (χ2n) is 8.96. The SMILES string of the molecule is O=C(NC1CC1)OC1CCC(C(=O)N2CCC(c3ccccc3)CC2)C(C(=O)NO)C1. The van der Waals surface area contributed by atoms with E-state index in [9.17, 15) is 19.6 Å². The molecule has 4 rings (SSSR count). The maximum Gasteiger partial charge on any atom is 0.407 e. The summed E-state index contributed by atoms with van der Waals surface area (Å²) in [5.41, 5.74) is 3.00. The van der Waals surface area contributed by atoms with Crippen LogP contribution in [-0.4, -0.2) is 53.3 Å². The fraction of sp³-hybridized carbons (Fsp3) is 0.609. The number of carbonyl (C=O) groups excluding carboxylic acids is 3. The number of amides is 3. The Kier molecular flexibility index (Phi) is 6.75. The molecule has 3 unspecified atom stereocenters. The molecule has 2 saturated carbocycles. The first-order valence-corrected chi connectivity index (χ1v) is 11.3. The summed E-state index contributed by atoms with van der Waals surface area (Å²) in [6.07, 6.45) is 4.04. The van der Waals surface area contributed by atoms with Crippen LogP contribution in [0.25, 0.3) is 0 Å². The Balaban J connectivity index is 1.34. The molecule has 3 amide bonds. The van der Waals surface area contributed by atoms with Gasteiger partial charge in [-0.05, 0) is 56.4 Å². The van der Waals surface area contributed by atoms with Gasteiger partial charge in [0.05, 0.1) is 11.8 Å². The normalized spacial score (nSPS) is 26.7. The number of nitrogens with one attached hydrogen (secondary N) is 2. The number of hydrogen-bond donors (Lipinski definition) is 3. The largest absolute Gasteiger partial charge is 0.446 e. The average molecular weight is 430 g/mol. The number of hydroxylamine groups is 1. The molecule has 8 heteroatoms. The Bertz CT molecular complexity index is 790. The molecule has 0 radical (unpaired) electrons. The van der Waals surface area contributed by atoms with Crippen molar-refractivity contribution in [2.75, 3.05) is 13.1 Å². The highest BCUT2D eigenvalue weighted by Gasteiger charge is 2.42. The minimum absolute atomic E-state index is 0.0407. The number of piperidine rings is 1. The second kappa shape index (κ2) is 9.68. The van der Waals surface area contributed by atoms with Gasteiger partial charge in [-0.1, -0.05) is 30.3 Å². The Labute approximate surface area is 182 Å².